The van der Waals surface area contributed by atoms with Gasteiger partial charge in [0.2, 0.25) is 0 Å². The molecule has 0 spiro atoms. The van der Waals surface area contributed by atoms with Crippen LogP contribution in [-0.2, 0) is 15.1 Å². The molecule has 2 aromatic rings. The van der Waals surface area contributed by atoms with Crippen LogP contribution in [0.3, 0.4) is 0 Å². The Hall–Kier alpha value is -2.44. The summed E-state index contributed by atoms with van der Waals surface area (Å²) in [6.07, 6.45) is -11.5. The van der Waals surface area contributed by atoms with E-state index < -0.39 is 28.3 Å². The molecule has 36 heavy (non-hydrogen) atoms. The zero-order valence-corrected chi connectivity index (χ0v) is 19.8. The highest BCUT2D eigenvalue weighted by molar-refractivity contribution is 8.00. The summed E-state index contributed by atoms with van der Waals surface area (Å²) in [7, 11) is 0. The molecule has 5 nitrogen and oxygen atoms in total. The van der Waals surface area contributed by atoms with Crippen molar-refractivity contribution in [2.75, 3.05) is 39.4 Å². The first-order valence-electron chi connectivity index (χ1n) is 11.2. The first-order valence-corrected chi connectivity index (χ1v) is 12.0. The molecule has 196 valence electrons. The van der Waals surface area contributed by atoms with Crippen LogP contribution in [0.2, 0.25) is 0 Å². The smallest absolute Gasteiger partial charge is 0.378 e. The first-order chi connectivity index (χ1) is 16.9. The van der Waals surface area contributed by atoms with Crippen LogP contribution in [0.5, 0.6) is 0 Å². The Labute approximate surface area is 208 Å². The van der Waals surface area contributed by atoms with Crippen LogP contribution in [0.4, 0.5) is 31.1 Å². The molecule has 2 aromatic carbocycles. The SMILES string of the molecule is O=C(N1CCOCC1)N1CCC(Sc2ccccc2)(c2ccc(C(O)(C(F)(F)F)C(F)(F)F)cc2)C1. The lowest BCUT2D eigenvalue weighted by Gasteiger charge is -2.34. The van der Waals surface area contributed by atoms with E-state index in [9.17, 15) is 36.2 Å². The minimum Gasteiger partial charge on any atom is -0.378 e. The van der Waals surface area contributed by atoms with Gasteiger partial charge < -0.3 is 19.6 Å². The van der Waals surface area contributed by atoms with Gasteiger partial charge in [-0.15, -0.1) is 11.8 Å². The van der Waals surface area contributed by atoms with Gasteiger partial charge in [-0.3, -0.25) is 0 Å². The number of thioether (sulfide) groups is 1. The molecule has 0 aliphatic carbocycles. The van der Waals surface area contributed by atoms with Gasteiger partial charge in [0, 0.05) is 36.6 Å². The minimum absolute atomic E-state index is 0.186. The lowest BCUT2D eigenvalue weighted by Crippen LogP contribution is -2.53. The monoisotopic (exact) mass is 534 g/mol. The molecule has 2 heterocycles. The van der Waals surface area contributed by atoms with E-state index in [4.69, 9.17) is 4.74 Å². The molecule has 0 aromatic heterocycles. The fourth-order valence-electron chi connectivity index (χ4n) is 4.50. The number of likely N-dealkylation sites (tertiary alicyclic amines) is 1. The molecule has 1 atom stereocenters. The van der Waals surface area contributed by atoms with Crippen molar-refractivity contribution >= 4 is 17.8 Å². The van der Waals surface area contributed by atoms with Crippen molar-refractivity contribution in [3.63, 3.8) is 0 Å². The van der Waals surface area contributed by atoms with Gasteiger partial charge in [-0.2, -0.15) is 26.3 Å². The van der Waals surface area contributed by atoms with Gasteiger partial charge in [-0.1, -0.05) is 42.5 Å². The van der Waals surface area contributed by atoms with Crippen LogP contribution >= 0.6 is 11.8 Å². The van der Waals surface area contributed by atoms with Crippen LogP contribution in [0.15, 0.2) is 59.5 Å². The largest absolute Gasteiger partial charge is 0.430 e. The van der Waals surface area contributed by atoms with Crippen molar-refractivity contribution in [3.8, 4) is 0 Å². The fraction of sp³-hybridized carbons (Fsp3) is 0.458. The van der Waals surface area contributed by atoms with Gasteiger partial charge in [0.05, 0.1) is 18.0 Å². The lowest BCUT2D eigenvalue weighted by atomic mass is 9.89. The maximum Gasteiger partial charge on any atom is 0.430 e. The number of ether oxygens (including phenoxy) is 1. The fourth-order valence-corrected chi connectivity index (χ4v) is 5.91. The molecule has 0 radical (unpaired) electrons. The van der Waals surface area contributed by atoms with Crippen molar-refractivity contribution in [2.45, 2.75) is 34.0 Å². The number of morpholine rings is 1. The minimum atomic E-state index is -5.96. The normalized spacial score (nSPS) is 21.6. The Kier molecular flexibility index (Phi) is 7.24. The Morgan fingerprint density at radius 1 is 0.861 bits per heavy atom. The molecule has 0 saturated carbocycles. The number of urea groups is 1. The molecule has 4 rings (SSSR count). The molecule has 12 heteroatoms. The number of alkyl halides is 6. The van der Waals surface area contributed by atoms with E-state index in [0.717, 1.165) is 4.90 Å². The maximum atomic E-state index is 13.3. The Morgan fingerprint density at radius 3 is 2.00 bits per heavy atom. The summed E-state index contributed by atoms with van der Waals surface area (Å²) in [6, 6.07) is 12.6. The third-order valence-corrected chi connectivity index (χ3v) is 7.96. The topological polar surface area (TPSA) is 53.0 Å². The number of hydrogen-bond acceptors (Lipinski definition) is 4. The first kappa shape index (κ1) is 26.6. The van der Waals surface area contributed by atoms with Crippen LogP contribution in [0.1, 0.15) is 17.5 Å². The number of rotatable bonds is 4. The van der Waals surface area contributed by atoms with Crippen LogP contribution < -0.4 is 0 Å². The Bertz CT molecular complexity index is 1040. The summed E-state index contributed by atoms with van der Waals surface area (Å²) in [5.74, 6) is 0. The summed E-state index contributed by atoms with van der Waals surface area (Å²) in [5, 5.41) is 9.75. The molecule has 2 saturated heterocycles. The van der Waals surface area contributed by atoms with E-state index in [1.54, 1.807) is 9.80 Å². The summed E-state index contributed by atoms with van der Waals surface area (Å²) in [6.45, 7) is 2.31. The van der Waals surface area contributed by atoms with E-state index in [2.05, 4.69) is 0 Å². The summed E-state index contributed by atoms with van der Waals surface area (Å²) in [4.78, 5) is 17.2. The quantitative estimate of drug-likeness (QED) is 0.552. The van der Waals surface area contributed by atoms with E-state index in [1.807, 2.05) is 30.3 Å². The molecule has 2 amide bonds. The molecular weight excluding hydrogens is 510 g/mol. The molecule has 2 aliphatic heterocycles. The number of benzene rings is 2. The van der Waals surface area contributed by atoms with Crippen molar-refractivity contribution in [1.82, 2.24) is 9.80 Å². The average Bonchev–Trinajstić information content (AvgIpc) is 3.28. The molecule has 2 fully saturated rings. The zero-order chi connectivity index (χ0) is 26.2. The second-order valence-electron chi connectivity index (χ2n) is 8.75. The highest BCUT2D eigenvalue weighted by atomic mass is 32.2. The van der Waals surface area contributed by atoms with E-state index in [-0.39, 0.29) is 12.6 Å². The van der Waals surface area contributed by atoms with Gasteiger partial charge in [0.15, 0.2) is 0 Å². The number of carbonyl (C=O) groups is 1. The molecular formula is C24H24F6N2O3S. The Morgan fingerprint density at radius 2 is 1.44 bits per heavy atom. The number of aliphatic hydroxyl groups is 1. The number of hydrogen-bond donors (Lipinski definition) is 1. The number of nitrogens with zero attached hydrogens (tertiary/aromatic N) is 2. The molecule has 2 aliphatic rings. The number of amides is 2. The highest BCUT2D eigenvalue weighted by Gasteiger charge is 2.71. The third kappa shape index (κ3) is 4.90. The molecule has 0 bridgehead atoms. The summed E-state index contributed by atoms with van der Waals surface area (Å²) in [5.41, 5.74) is -5.85. The molecule has 1 N–H and O–H groups in total. The lowest BCUT2D eigenvalue weighted by molar-refractivity contribution is -0.376. The second-order valence-corrected chi connectivity index (χ2v) is 10.2. The maximum absolute atomic E-state index is 13.3. The van der Waals surface area contributed by atoms with Gasteiger partial charge >= 0.3 is 18.4 Å². The summed E-state index contributed by atoms with van der Waals surface area (Å²) < 4.78 is 84.5. The standard InChI is InChI=1S/C24H24F6N2O3S/c25-23(26,27)22(34,24(28,29)30)18-8-6-17(7-9-18)21(36-19-4-2-1-3-5-19)10-11-32(16-21)20(33)31-12-14-35-15-13-31/h1-9,34H,10-16H2. The van der Waals surface area contributed by atoms with Gasteiger partial charge in [0.25, 0.3) is 5.60 Å². The van der Waals surface area contributed by atoms with E-state index >= 15 is 0 Å². The zero-order valence-electron chi connectivity index (χ0n) is 19.0. The van der Waals surface area contributed by atoms with Gasteiger partial charge in [0.1, 0.15) is 0 Å². The highest BCUT2D eigenvalue weighted by Crippen LogP contribution is 2.52. The predicted molar refractivity (Wildman–Crippen MR) is 120 cm³/mol. The number of carbonyl (C=O) groups excluding carboxylic acids is 1. The Balaban J connectivity index is 1.67. The van der Waals surface area contributed by atoms with Gasteiger partial charge in [-0.05, 0) is 24.1 Å². The van der Waals surface area contributed by atoms with E-state index in [0.29, 0.717) is 57.0 Å². The van der Waals surface area contributed by atoms with Crippen molar-refractivity contribution in [1.29, 1.82) is 0 Å². The second kappa shape index (κ2) is 9.79. The summed E-state index contributed by atoms with van der Waals surface area (Å²) >= 11 is 1.40. The van der Waals surface area contributed by atoms with Crippen LogP contribution in [0.25, 0.3) is 0 Å². The van der Waals surface area contributed by atoms with Crippen molar-refractivity contribution in [2.24, 2.45) is 0 Å². The van der Waals surface area contributed by atoms with Crippen LogP contribution in [-0.4, -0.2) is 72.7 Å². The van der Waals surface area contributed by atoms with Gasteiger partial charge in [-0.25, -0.2) is 4.79 Å². The van der Waals surface area contributed by atoms with Crippen molar-refractivity contribution < 1.29 is 41.0 Å². The molecule has 1 unspecified atom stereocenters. The van der Waals surface area contributed by atoms with E-state index in [1.165, 1.54) is 23.9 Å². The number of halogens is 6. The third-order valence-electron chi connectivity index (χ3n) is 6.49. The predicted octanol–water partition coefficient (Wildman–Crippen LogP) is 5.14. The van der Waals surface area contributed by atoms with Crippen LogP contribution in [0, 0.1) is 0 Å². The van der Waals surface area contributed by atoms with Crippen molar-refractivity contribution in [3.05, 3.63) is 65.7 Å². The average molecular weight is 535 g/mol.